The number of aromatic nitrogens is 1. The first kappa shape index (κ1) is 19.9. The average molecular weight is 406 g/mol. The van der Waals surface area contributed by atoms with Gasteiger partial charge in [0.15, 0.2) is 0 Å². The van der Waals surface area contributed by atoms with Crippen molar-refractivity contribution in [3.8, 4) is 0 Å². The Kier molecular flexibility index (Phi) is 5.44. The molecule has 0 fully saturated rings. The number of benzene rings is 1. The van der Waals surface area contributed by atoms with Crippen molar-refractivity contribution in [1.82, 2.24) is 14.8 Å². The molecule has 7 heteroatoms. The van der Waals surface area contributed by atoms with Crippen LogP contribution in [0.5, 0.6) is 0 Å². The van der Waals surface area contributed by atoms with E-state index in [1.54, 1.807) is 35.2 Å². The molecule has 2 aliphatic heterocycles. The van der Waals surface area contributed by atoms with Crippen LogP contribution in [0.3, 0.4) is 0 Å². The van der Waals surface area contributed by atoms with Crippen LogP contribution in [-0.4, -0.2) is 59.8 Å². The fourth-order valence-corrected chi connectivity index (χ4v) is 4.04. The van der Waals surface area contributed by atoms with E-state index in [2.05, 4.69) is 34.7 Å². The van der Waals surface area contributed by atoms with Crippen LogP contribution in [0.4, 0.5) is 11.5 Å². The van der Waals surface area contributed by atoms with E-state index in [-0.39, 0.29) is 30.3 Å². The first-order chi connectivity index (χ1) is 14.4. The summed E-state index contributed by atoms with van der Waals surface area (Å²) < 4.78 is 0. The highest BCUT2D eigenvalue weighted by Gasteiger charge is 2.30. The fraction of sp³-hybridized carbons (Fsp3) is 0.348. The van der Waals surface area contributed by atoms with E-state index in [4.69, 9.17) is 0 Å². The van der Waals surface area contributed by atoms with Crippen molar-refractivity contribution in [2.75, 3.05) is 37.8 Å². The number of pyridine rings is 1. The molecule has 3 heterocycles. The first-order valence-electron chi connectivity index (χ1n) is 10.2. The van der Waals surface area contributed by atoms with Gasteiger partial charge in [0.1, 0.15) is 5.82 Å². The number of hydrogen-bond acceptors (Lipinski definition) is 5. The molecule has 2 N–H and O–H groups in total. The second kappa shape index (κ2) is 8.18. The minimum atomic E-state index is -0.0491. The lowest BCUT2D eigenvalue weighted by Crippen LogP contribution is -2.33. The van der Waals surface area contributed by atoms with Crippen molar-refractivity contribution in [1.29, 1.82) is 0 Å². The molecule has 156 valence electrons. The summed E-state index contributed by atoms with van der Waals surface area (Å²) in [6.07, 6.45) is 5.08. The summed E-state index contributed by atoms with van der Waals surface area (Å²) in [5.74, 6) is 0.956. The smallest absolute Gasteiger partial charge is 0.246 e. The van der Waals surface area contributed by atoms with E-state index in [9.17, 15) is 9.59 Å². The molecule has 2 atom stereocenters. The van der Waals surface area contributed by atoms with E-state index < -0.39 is 0 Å². The second-order valence-electron chi connectivity index (χ2n) is 8.06. The lowest BCUT2D eigenvalue weighted by molar-refractivity contribution is -0.128. The molecule has 0 bridgehead atoms. The number of amides is 2. The topological polar surface area (TPSA) is 77.6 Å². The zero-order chi connectivity index (χ0) is 21.3. The number of fused-ring (bicyclic) bond motifs is 2. The Labute approximate surface area is 176 Å². The monoisotopic (exact) mass is 405 g/mol. The SMILES string of the molecule is CC1Nc2ccccc2C1CN(C)C(=O)/C=C/c1cnc2c(c1)CN(C)C(=O)CN2. The molecule has 1 aromatic carbocycles. The molecule has 0 saturated carbocycles. The van der Waals surface area contributed by atoms with E-state index >= 15 is 0 Å². The van der Waals surface area contributed by atoms with Gasteiger partial charge >= 0.3 is 0 Å². The van der Waals surface area contributed by atoms with Gasteiger partial charge in [-0.3, -0.25) is 9.59 Å². The third-order valence-corrected chi connectivity index (χ3v) is 5.84. The third kappa shape index (κ3) is 4.01. The summed E-state index contributed by atoms with van der Waals surface area (Å²) in [6.45, 7) is 3.53. The number of nitrogens with one attached hydrogen (secondary N) is 2. The number of anilines is 2. The van der Waals surface area contributed by atoms with Crippen molar-refractivity contribution in [3.05, 3.63) is 59.3 Å². The molecule has 2 aliphatic rings. The van der Waals surface area contributed by atoms with Crippen LogP contribution in [0.15, 0.2) is 42.6 Å². The van der Waals surface area contributed by atoms with Gasteiger partial charge in [-0.1, -0.05) is 18.2 Å². The molecule has 2 amide bonds. The standard InChI is InChI=1S/C23H27N5O2/c1-15-19(18-6-4-5-7-20(18)26-15)14-28(3)21(29)9-8-16-10-17-13-27(2)22(30)12-25-23(17)24-11-16/h4-11,15,19,26H,12-14H2,1-3H3,(H,24,25)/b9-8+. The molecule has 0 aliphatic carbocycles. The van der Waals surface area contributed by atoms with Crippen LogP contribution in [-0.2, 0) is 16.1 Å². The predicted molar refractivity (Wildman–Crippen MR) is 118 cm³/mol. The van der Waals surface area contributed by atoms with Crippen LogP contribution in [0.2, 0.25) is 0 Å². The minimum absolute atomic E-state index is 0.0269. The molecular weight excluding hydrogens is 378 g/mol. The first-order valence-corrected chi connectivity index (χ1v) is 10.2. The zero-order valence-electron chi connectivity index (χ0n) is 17.6. The quantitative estimate of drug-likeness (QED) is 0.765. The maximum absolute atomic E-state index is 12.7. The average Bonchev–Trinajstić information content (AvgIpc) is 2.97. The van der Waals surface area contributed by atoms with E-state index in [1.165, 1.54) is 5.56 Å². The van der Waals surface area contributed by atoms with Crippen molar-refractivity contribution < 1.29 is 9.59 Å². The number of nitrogens with zero attached hydrogens (tertiary/aromatic N) is 3. The maximum atomic E-state index is 12.7. The molecule has 0 radical (unpaired) electrons. The Morgan fingerprint density at radius 1 is 1.37 bits per heavy atom. The van der Waals surface area contributed by atoms with Crippen LogP contribution in [0, 0.1) is 0 Å². The highest BCUT2D eigenvalue weighted by molar-refractivity contribution is 5.91. The minimum Gasteiger partial charge on any atom is -0.382 e. The summed E-state index contributed by atoms with van der Waals surface area (Å²) >= 11 is 0. The number of likely N-dealkylation sites (N-methyl/N-ethyl adjacent to an activating group) is 2. The van der Waals surface area contributed by atoms with Gasteiger partial charge in [-0.05, 0) is 36.3 Å². The largest absolute Gasteiger partial charge is 0.382 e. The molecule has 0 saturated heterocycles. The van der Waals surface area contributed by atoms with Gasteiger partial charge in [0, 0.05) is 62.7 Å². The highest BCUT2D eigenvalue weighted by Crippen LogP contribution is 2.35. The van der Waals surface area contributed by atoms with Gasteiger partial charge in [-0.15, -0.1) is 0 Å². The van der Waals surface area contributed by atoms with Crippen molar-refractivity contribution in [2.24, 2.45) is 0 Å². The highest BCUT2D eigenvalue weighted by atomic mass is 16.2. The second-order valence-corrected chi connectivity index (χ2v) is 8.06. The maximum Gasteiger partial charge on any atom is 0.246 e. The van der Waals surface area contributed by atoms with Crippen molar-refractivity contribution >= 4 is 29.4 Å². The molecule has 0 spiro atoms. The lowest BCUT2D eigenvalue weighted by Gasteiger charge is -2.23. The molecule has 1 aromatic heterocycles. The Hall–Kier alpha value is -3.35. The zero-order valence-corrected chi connectivity index (χ0v) is 17.6. The Morgan fingerprint density at radius 2 is 2.17 bits per heavy atom. The van der Waals surface area contributed by atoms with Crippen molar-refractivity contribution in [2.45, 2.75) is 25.4 Å². The number of hydrogen-bond donors (Lipinski definition) is 2. The van der Waals surface area contributed by atoms with Gasteiger partial charge in [-0.25, -0.2) is 4.98 Å². The van der Waals surface area contributed by atoms with Crippen molar-refractivity contribution in [3.63, 3.8) is 0 Å². The summed E-state index contributed by atoms with van der Waals surface area (Å²) in [5, 5.41) is 6.55. The van der Waals surface area contributed by atoms with Gasteiger partial charge in [-0.2, -0.15) is 0 Å². The number of carbonyl (C=O) groups excluding carboxylic acids is 2. The molecule has 4 rings (SSSR count). The Bertz CT molecular complexity index is 1000. The van der Waals surface area contributed by atoms with Gasteiger partial charge in [0.05, 0.1) is 6.54 Å². The molecular formula is C23H27N5O2. The van der Waals surface area contributed by atoms with Crippen LogP contribution in [0.1, 0.15) is 29.5 Å². The summed E-state index contributed by atoms with van der Waals surface area (Å²) in [5.41, 5.74) is 4.18. The van der Waals surface area contributed by atoms with Gasteiger partial charge in [0.25, 0.3) is 0 Å². The Morgan fingerprint density at radius 3 is 3.00 bits per heavy atom. The van der Waals surface area contributed by atoms with Crippen LogP contribution >= 0.6 is 0 Å². The summed E-state index contributed by atoms with van der Waals surface area (Å²) in [4.78, 5) is 32.4. The molecule has 7 nitrogen and oxygen atoms in total. The Balaban J connectivity index is 1.43. The number of carbonyl (C=O) groups is 2. The van der Waals surface area contributed by atoms with Crippen LogP contribution in [0.25, 0.3) is 6.08 Å². The lowest BCUT2D eigenvalue weighted by atomic mass is 9.95. The number of rotatable bonds is 4. The fourth-order valence-electron chi connectivity index (χ4n) is 4.04. The van der Waals surface area contributed by atoms with E-state index in [1.807, 2.05) is 25.2 Å². The van der Waals surface area contributed by atoms with E-state index in [0.717, 1.165) is 22.6 Å². The normalized spacial score (nSPS) is 20.2. The van der Waals surface area contributed by atoms with Gasteiger partial charge in [0.2, 0.25) is 11.8 Å². The van der Waals surface area contributed by atoms with E-state index in [0.29, 0.717) is 13.1 Å². The van der Waals surface area contributed by atoms with Crippen LogP contribution < -0.4 is 10.6 Å². The third-order valence-electron chi connectivity index (χ3n) is 5.84. The predicted octanol–water partition coefficient (Wildman–Crippen LogP) is 2.53. The number of para-hydroxylation sites is 1. The summed E-state index contributed by atoms with van der Waals surface area (Å²) in [6, 6.07) is 10.5. The molecule has 2 aromatic rings. The van der Waals surface area contributed by atoms with Gasteiger partial charge < -0.3 is 20.4 Å². The molecule has 2 unspecified atom stereocenters. The molecule has 30 heavy (non-hydrogen) atoms. The summed E-state index contributed by atoms with van der Waals surface area (Å²) in [7, 11) is 3.61.